The molecule has 23 saturated carbocycles. The third-order valence-electron chi connectivity index (χ3n) is 35.5. The molecule has 584 valence electrons. The van der Waals surface area contributed by atoms with Crippen LogP contribution in [0.15, 0.2) is 0 Å². The summed E-state index contributed by atoms with van der Waals surface area (Å²) in [4.78, 5) is 0. The lowest BCUT2D eigenvalue weighted by atomic mass is 9.49. The summed E-state index contributed by atoms with van der Waals surface area (Å²) in [6.07, 6.45) is 78.5. The zero-order valence-corrected chi connectivity index (χ0v) is 72.5. The summed E-state index contributed by atoms with van der Waals surface area (Å²) < 4.78 is 6.94. The first kappa shape index (κ1) is 82.5. The lowest BCUT2D eigenvalue weighted by molar-refractivity contribution is -0.0545. The highest BCUT2D eigenvalue weighted by Gasteiger charge is 2.52. The van der Waals surface area contributed by atoms with Crippen LogP contribution in [0.4, 0.5) is 0 Å². The van der Waals surface area contributed by atoms with Gasteiger partial charge in [-0.3, -0.25) is 0 Å². The Morgan fingerprint density at radius 3 is 0.920 bits per heavy atom. The molecule has 14 bridgehead atoms. The van der Waals surface area contributed by atoms with Gasteiger partial charge >= 0.3 is 0 Å². The van der Waals surface area contributed by atoms with E-state index in [4.69, 9.17) is 1.37 Å². The van der Waals surface area contributed by atoms with Crippen LogP contribution in [0.5, 0.6) is 0 Å². The molecule has 0 N–H and O–H groups in total. The second-order valence-electron chi connectivity index (χ2n) is 47.3. The van der Waals surface area contributed by atoms with Crippen molar-refractivity contribution in [2.45, 2.75) is 473 Å². The largest absolute Gasteiger partial charge is 0.0649 e. The van der Waals surface area contributed by atoms with E-state index in [1.807, 2.05) is 20.8 Å². The molecular weight excluding hydrogens is 1200 g/mol. The highest BCUT2D eigenvalue weighted by Crippen LogP contribution is 2.63. The summed E-state index contributed by atoms with van der Waals surface area (Å²) in [5.41, 5.74) is 6.67. The normalized spacial score (nSPS) is 42.7. The minimum atomic E-state index is -0.250. The van der Waals surface area contributed by atoms with E-state index >= 15 is 0 Å². The van der Waals surface area contributed by atoms with Crippen molar-refractivity contribution in [3.05, 3.63) is 0 Å². The molecule has 100 heavy (non-hydrogen) atoms. The second-order valence-corrected chi connectivity index (χ2v) is 47.3. The Hall–Kier alpha value is 0. The summed E-state index contributed by atoms with van der Waals surface area (Å²) in [6.45, 7) is 48.7. The Labute approximate surface area is 631 Å². The van der Waals surface area contributed by atoms with Crippen molar-refractivity contribution < 1.29 is 1.37 Å². The maximum atomic E-state index is 6.94. The Balaban J connectivity index is 0.000000132. The molecule has 0 aliphatic heterocycles. The standard InChI is InChI=1S/C14H26.C12H20.C12H22.C11H18.2C11H20.2C10H18.C5H12.C4H10/c1-12-4-6-14(7-5-12)10-8-13(2,3)9-11-14;1-2-12-6-9-3-10(7-12)5-11(4-9)8-12;1-11-5-9-12(10-6-11)7-3-2-4-8-12;1-11-5-8-2-9(6-11)4-10(3-8)7-11;1-8-9-4-6-10(7-5-9)11(8,2)3;1-10-4-8-11(9-5-10)6-2-3-7-11;1-8-7-9-3-5-10(8,2)6-4-9;1-7-8(2)10-5-3-9(7)4-6-10;1-5(2,3)4;1-4(2)3/h12H,4-11H2,1-3H3;9-11H,2-8H2,1H3;11H,2-10H2,1H3;8-10H,2-7H2,1H3;8-10H,4-7H2,1-3H3;10H,2-9H2,1H3;8-9H,3-7H2,1-2H3;7-10H,3-6H2,1-2H3;1-4H3;4H,1-3H3/t;;;;8-,9?,10?;;8-,9?,10?;7-,8?,9?,10?;;/m....1.00../s1/i;;;;;;;;;4D. The Morgan fingerprint density at radius 1 is 0.350 bits per heavy atom. The summed E-state index contributed by atoms with van der Waals surface area (Å²) in [7, 11) is 0. The van der Waals surface area contributed by atoms with E-state index < -0.39 is 0 Å². The molecule has 0 heterocycles. The zero-order chi connectivity index (χ0) is 73.5. The van der Waals surface area contributed by atoms with Gasteiger partial charge < -0.3 is 0 Å². The van der Waals surface area contributed by atoms with Crippen molar-refractivity contribution in [3.63, 3.8) is 0 Å². The number of fused-ring (bicyclic) bond motifs is 9. The molecular formula is C100H184. The van der Waals surface area contributed by atoms with Crippen LogP contribution in [0.3, 0.4) is 0 Å². The molecule has 0 aromatic carbocycles. The maximum Gasteiger partial charge on any atom is 0.0294 e. The van der Waals surface area contributed by atoms with Gasteiger partial charge in [-0.2, -0.15) is 0 Å². The fourth-order valence-electron chi connectivity index (χ4n) is 28.0. The van der Waals surface area contributed by atoms with Gasteiger partial charge in [0.1, 0.15) is 0 Å². The highest BCUT2D eigenvalue weighted by molar-refractivity contribution is 5.03. The summed E-state index contributed by atoms with van der Waals surface area (Å²) in [5, 5.41) is 0. The number of hydrogen-bond acceptors (Lipinski definition) is 0. The first-order chi connectivity index (χ1) is 47.3. The molecule has 1 unspecified atom stereocenters. The molecule has 0 nitrogen and oxygen atoms in total. The van der Waals surface area contributed by atoms with Gasteiger partial charge in [0, 0.05) is 1.37 Å². The van der Waals surface area contributed by atoms with Gasteiger partial charge in [-0.05, 0) is 412 Å². The van der Waals surface area contributed by atoms with Crippen molar-refractivity contribution >= 4 is 0 Å². The first-order valence-corrected chi connectivity index (χ1v) is 46.8. The summed E-state index contributed by atoms with van der Waals surface area (Å²) >= 11 is 0. The fraction of sp³-hybridized carbons (Fsp3) is 1.00. The van der Waals surface area contributed by atoms with Crippen LogP contribution >= 0.6 is 0 Å². The molecule has 0 aromatic rings. The number of rotatable bonds is 1. The van der Waals surface area contributed by atoms with Crippen LogP contribution in [0.25, 0.3) is 0 Å². The van der Waals surface area contributed by atoms with Gasteiger partial charge in [0.2, 0.25) is 0 Å². The van der Waals surface area contributed by atoms with Gasteiger partial charge in [-0.15, -0.1) is 0 Å². The van der Waals surface area contributed by atoms with Crippen LogP contribution in [0.1, 0.15) is 474 Å². The Kier molecular flexibility index (Phi) is 29.9. The van der Waals surface area contributed by atoms with E-state index in [0.717, 1.165) is 139 Å². The van der Waals surface area contributed by atoms with Gasteiger partial charge in [0.25, 0.3) is 0 Å². The molecule has 0 radical (unpaired) electrons. The average Bonchev–Trinajstić information content (AvgIpc) is 1.07. The second kappa shape index (κ2) is 36.2. The summed E-state index contributed by atoms with van der Waals surface area (Å²) in [6, 6.07) is 0. The van der Waals surface area contributed by atoms with Crippen molar-refractivity contribution in [2.24, 2.45) is 161 Å². The molecule has 0 saturated heterocycles. The van der Waals surface area contributed by atoms with Crippen LogP contribution in [-0.4, -0.2) is 0 Å². The minimum absolute atomic E-state index is 0.250. The molecule has 23 aliphatic rings. The van der Waals surface area contributed by atoms with Crippen LogP contribution in [0.2, 0.25) is 0 Å². The van der Waals surface area contributed by atoms with E-state index in [2.05, 4.69) is 125 Å². The lowest BCUT2D eigenvalue weighted by Gasteiger charge is -2.56. The van der Waals surface area contributed by atoms with E-state index in [-0.39, 0.29) is 5.89 Å². The van der Waals surface area contributed by atoms with E-state index in [0.29, 0.717) is 16.2 Å². The smallest absolute Gasteiger partial charge is 0.0294 e. The predicted molar refractivity (Wildman–Crippen MR) is 443 cm³/mol. The van der Waals surface area contributed by atoms with E-state index in [1.54, 1.807) is 128 Å². The molecule has 23 rings (SSSR count). The molecule has 0 amide bonds. The zero-order valence-electron chi connectivity index (χ0n) is 73.5. The van der Waals surface area contributed by atoms with Crippen molar-refractivity contribution in [3.8, 4) is 0 Å². The Bertz CT molecular complexity index is 2200. The van der Waals surface area contributed by atoms with Crippen LogP contribution in [0, 0.1) is 161 Å². The van der Waals surface area contributed by atoms with Crippen molar-refractivity contribution in [1.29, 1.82) is 0 Å². The minimum Gasteiger partial charge on any atom is -0.0649 e. The molecule has 4 atom stereocenters. The van der Waals surface area contributed by atoms with Crippen molar-refractivity contribution in [1.82, 2.24) is 0 Å². The van der Waals surface area contributed by atoms with Gasteiger partial charge in [-0.1, -0.05) is 222 Å². The van der Waals surface area contributed by atoms with Crippen molar-refractivity contribution in [2.75, 3.05) is 0 Å². The molecule has 0 heteroatoms. The number of hydrogen-bond donors (Lipinski definition) is 0. The monoisotopic (exact) mass is 1390 g/mol. The maximum absolute atomic E-state index is 6.94. The summed E-state index contributed by atoms with van der Waals surface area (Å²) in [5.74, 6) is 19.2. The molecule has 23 fully saturated rings. The molecule has 0 aromatic heterocycles. The SMILES string of the molecule is CC(C)(C)C.CC12CC3CC(CC(C3)C1)C2.CC1C2CCC(CC2)[C@H]1C.CC1CCC2(CC1)CCC(C)(C)CC2.CC1CCC2(CCCC2)CC1.CC1CCC2(CCCCC2)CC1.CCC12CC3CC(CC(C3)C1)C2.C[C@@H]1C2CCC(CC2)C1(C)C.C[C@H]1CC2CCC1(C)CC2.[2H]C(C)(C)C. The lowest BCUT2D eigenvalue weighted by Crippen LogP contribution is -2.45. The topological polar surface area (TPSA) is 0 Å². The van der Waals surface area contributed by atoms with E-state index in [9.17, 15) is 0 Å². The molecule has 23 aliphatic carbocycles. The average molecular weight is 1390 g/mol. The quantitative estimate of drug-likeness (QED) is 0.245. The fourth-order valence-corrected chi connectivity index (χ4v) is 28.0. The van der Waals surface area contributed by atoms with Gasteiger partial charge in [-0.25, -0.2) is 0 Å². The van der Waals surface area contributed by atoms with Gasteiger partial charge in [0.15, 0.2) is 0 Å². The van der Waals surface area contributed by atoms with Crippen LogP contribution < -0.4 is 0 Å². The predicted octanol–water partition coefficient (Wildman–Crippen LogP) is 33.0. The highest BCUT2D eigenvalue weighted by atomic mass is 14.6. The van der Waals surface area contributed by atoms with Gasteiger partial charge in [0.05, 0.1) is 0 Å². The van der Waals surface area contributed by atoms with E-state index in [1.165, 1.54) is 199 Å². The Morgan fingerprint density at radius 2 is 0.660 bits per heavy atom. The third-order valence-corrected chi connectivity index (χ3v) is 35.5. The third kappa shape index (κ3) is 24.0. The van der Waals surface area contributed by atoms with Crippen LogP contribution in [-0.2, 0) is 0 Å². The first-order valence-electron chi connectivity index (χ1n) is 47.3. The molecule has 3 spiro atoms.